The Labute approximate surface area is 293 Å². The molecule has 0 spiro atoms. The van der Waals surface area contributed by atoms with Crippen molar-refractivity contribution in [2.45, 2.75) is 55.9 Å². The van der Waals surface area contributed by atoms with Gasteiger partial charge in [-0.2, -0.15) is 26.3 Å². The van der Waals surface area contributed by atoms with E-state index in [4.69, 9.17) is 32.3 Å². The molecular formula is C35H32F6N4O5S. The minimum Gasteiger partial charge on any atom is -0.475 e. The number of nitrogens with one attached hydrogen (secondary N) is 1. The van der Waals surface area contributed by atoms with E-state index in [0.717, 1.165) is 48.5 Å². The first-order valence-electron chi connectivity index (χ1n) is 15.8. The van der Waals surface area contributed by atoms with Gasteiger partial charge in [0.05, 0.1) is 29.1 Å². The lowest BCUT2D eigenvalue weighted by atomic mass is 9.84. The molecule has 1 fully saturated rings. The van der Waals surface area contributed by atoms with Crippen LogP contribution in [0.2, 0.25) is 0 Å². The van der Waals surface area contributed by atoms with Crippen LogP contribution in [0, 0.1) is 0 Å². The van der Waals surface area contributed by atoms with Crippen molar-refractivity contribution in [2.24, 2.45) is 0 Å². The van der Waals surface area contributed by atoms with Crippen molar-refractivity contribution in [3.63, 3.8) is 0 Å². The number of carbonyl (C=O) groups excluding carboxylic acids is 1. The minimum atomic E-state index is -5.08. The Morgan fingerprint density at radius 2 is 1.61 bits per heavy atom. The number of aromatic nitrogens is 2. The van der Waals surface area contributed by atoms with Gasteiger partial charge in [-0.05, 0) is 60.9 Å². The number of benzene rings is 3. The maximum Gasteiger partial charge on any atom is 0.490 e. The van der Waals surface area contributed by atoms with Gasteiger partial charge in [-0.25, -0.2) is 9.78 Å². The first-order chi connectivity index (χ1) is 24.1. The number of nitrogens with zero attached hydrogens (tertiary/aromatic N) is 3. The van der Waals surface area contributed by atoms with Gasteiger partial charge in [0.2, 0.25) is 5.91 Å². The topological polar surface area (TPSA) is 114 Å². The maximum atomic E-state index is 13.9. The second kappa shape index (κ2) is 15.6. The Morgan fingerprint density at radius 1 is 0.941 bits per heavy atom. The van der Waals surface area contributed by atoms with Gasteiger partial charge in [-0.15, -0.1) is 12.6 Å². The van der Waals surface area contributed by atoms with Gasteiger partial charge >= 0.3 is 18.3 Å². The predicted octanol–water partition coefficient (Wildman–Crippen LogP) is 7.05. The van der Waals surface area contributed by atoms with E-state index in [2.05, 4.69) is 5.32 Å². The minimum absolute atomic E-state index is 0.0370. The summed E-state index contributed by atoms with van der Waals surface area (Å²) in [7, 11) is 0. The Morgan fingerprint density at radius 3 is 2.20 bits per heavy atom. The first kappa shape index (κ1) is 37.4. The van der Waals surface area contributed by atoms with E-state index in [9.17, 15) is 35.9 Å². The van der Waals surface area contributed by atoms with Gasteiger partial charge in [-0.3, -0.25) is 14.2 Å². The molecule has 0 radical (unpaired) electrons. The van der Waals surface area contributed by atoms with Crippen molar-refractivity contribution in [3.8, 4) is 17.2 Å². The summed E-state index contributed by atoms with van der Waals surface area (Å²) in [6, 6.07) is 21.0. The second-order valence-electron chi connectivity index (χ2n) is 11.8. The van der Waals surface area contributed by atoms with E-state index in [0.29, 0.717) is 36.5 Å². The average molecular weight is 735 g/mol. The molecule has 0 saturated heterocycles. The summed E-state index contributed by atoms with van der Waals surface area (Å²) >= 11 is 4.74. The summed E-state index contributed by atoms with van der Waals surface area (Å²) in [5.74, 6) is -1.42. The van der Waals surface area contributed by atoms with Crippen LogP contribution in [0.5, 0.6) is 11.5 Å². The van der Waals surface area contributed by atoms with Crippen LogP contribution < -0.4 is 15.6 Å². The van der Waals surface area contributed by atoms with Crippen molar-refractivity contribution in [1.29, 1.82) is 0 Å². The molecule has 6 rings (SSSR count). The van der Waals surface area contributed by atoms with Crippen molar-refractivity contribution in [1.82, 2.24) is 19.8 Å². The third kappa shape index (κ3) is 9.10. The fourth-order valence-corrected chi connectivity index (χ4v) is 6.05. The number of carboxylic acid groups (broad SMARTS) is 1. The first-order valence-corrected chi connectivity index (χ1v) is 16.3. The van der Waals surface area contributed by atoms with Gasteiger partial charge in [0, 0.05) is 25.4 Å². The number of thiol groups is 1. The lowest BCUT2D eigenvalue weighted by molar-refractivity contribution is -0.192. The van der Waals surface area contributed by atoms with E-state index >= 15 is 0 Å². The number of amides is 1. The second-order valence-corrected chi connectivity index (χ2v) is 12.3. The van der Waals surface area contributed by atoms with Crippen molar-refractivity contribution >= 4 is 24.5 Å². The number of aliphatic carboxylic acids is 1. The van der Waals surface area contributed by atoms with Crippen molar-refractivity contribution in [3.05, 3.63) is 117 Å². The summed E-state index contributed by atoms with van der Waals surface area (Å²) in [5, 5.41) is 9.55. The van der Waals surface area contributed by atoms with Crippen LogP contribution >= 0.6 is 12.6 Å². The molecule has 1 aliphatic heterocycles. The number of carbonyl (C=O) groups is 2. The molecule has 2 N–H and O–H groups in total. The van der Waals surface area contributed by atoms with Crippen LogP contribution in [0.15, 0.2) is 83.7 Å². The summed E-state index contributed by atoms with van der Waals surface area (Å²) in [5.41, 5.74) is 1.81. The normalized spacial score (nSPS) is 16.0. The smallest absolute Gasteiger partial charge is 0.475 e. The van der Waals surface area contributed by atoms with Crippen LogP contribution in [0.4, 0.5) is 26.3 Å². The predicted molar refractivity (Wildman–Crippen MR) is 177 cm³/mol. The Bertz CT molecular complexity index is 1920. The summed E-state index contributed by atoms with van der Waals surface area (Å²) < 4.78 is 78.0. The van der Waals surface area contributed by atoms with Gasteiger partial charge in [0.25, 0.3) is 5.56 Å². The highest BCUT2D eigenvalue weighted by Crippen LogP contribution is 2.38. The number of fused-ring (bicyclic) bond motifs is 1. The van der Waals surface area contributed by atoms with Crippen LogP contribution in [-0.2, 0) is 28.7 Å². The SMILES string of the molecule is O=C(CNCc1ccc(Oc2cccc(C(F)(F)F)c2)cc1)N1CCc2nc(C3CCC3)n(-c3ccccc3)c(=O)c2C1S.O=C(O)C(F)(F)F. The average Bonchev–Trinajstić information content (AvgIpc) is 3.05. The lowest BCUT2D eigenvalue weighted by Gasteiger charge is -2.35. The lowest BCUT2D eigenvalue weighted by Crippen LogP contribution is -2.46. The van der Waals surface area contributed by atoms with E-state index in [1.54, 1.807) is 33.7 Å². The molecule has 51 heavy (non-hydrogen) atoms. The molecule has 2 heterocycles. The zero-order chi connectivity index (χ0) is 36.9. The third-order valence-electron chi connectivity index (χ3n) is 8.34. The fraction of sp³-hybridized carbons (Fsp3) is 0.314. The highest BCUT2D eigenvalue weighted by atomic mass is 32.1. The molecule has 0 bridgehead atoms. The molecule has 16 heteroatoms. The van der Waals surface area contributed by atoms with Crippen LogP contribution in [0.3, 0.4) is 0 Å². The van der Waals surface area contributed by atoms with Crippen LogP contribution in [0.25, 0.3) is 5.69 Å². The third-order valence-corrected chi connectivity index (χ3v) is 8.88. The Hall–Kier alpha value is -4.83. The molecule has 9 nitrogen and oxygen atoms in total. The number of alkyl halides is 6. The van der Waals surface area contributed by atoms with E-state index in [1.807, 2.05) is 30.3 Å². The molecule has 3 aromatic carbocycles. The molecular weight excluding hydrogens is 702 g/mol. The summed E-state index contributed by atoms with van der Waals surface area (Å²) in [4.78, 5) is 42.6. The van der Waals surface area contributed by atoms with Crippen molar-refractivity contribution in [2.75, 3.05) is 13.1 Å². The van der Waals surface area contributed by atoms with Gasteiger partial charge in [0.1, 0.15) is 22.7 Å². The molecule has 1 atom stereocenters. The number of halogens is 6. The van der Waals surface area contributed by atoms with Gasteiger partial charge in [-0.1, -0.05) is 42.8 Å². The van der Waals surface area contributed by atoms with Crippen LogP contribution in [0.1, 0.15) is 58.8 Å². The van der Waals surface area contributed by atoms with E-state index in [1.165, 1.54) is 12.1 Å². The van der Waals surface area contributed by atoms with E-state index < -0.39 is 29.3 Å². The Kier molecular flexibility index (Phi) is 11.4. The quantitative estimate of drug-likeness (QED) is 0.131. The number of hydrogen-bond donors (Lipinski definition) is 3. The Balaban J connectivity index is 0.000000654. The highest BCUT2D eigenvalue weighted by molar-refractivity contribution is 7.80. The summed E-state index contributed by atoms with van der Waals surface area (Å²) in [6.45, 7) is 0.828. The fourth-order valence-electron chi connectivity index (χ4n) is 5.54. The molecule has 1 aromatic heterocycles. The number of para-hydroxylation sites is 1. The molecule has 1 amide bonds. The number of carboxylic acids is 1. The maximum absolute atomic E-state index is 13.9. The zero-order valence-electron chi connectivity index (χ0n) is 26.7. The molecule has 1 saturated carbocycles. The van der Waals surface area contributed by atoms with Gasteiger partial charge < -0.3 is 20.1 Å². The summed E-state index contributed by atoms with van der Waals surface area (Å²) in [6.07, 6.45) is -5.92. The van der Waals surface area contributed by atoms with Crippen molar-refractivity contribution < 1.29 is 45.8 Å². The monoisotopic (exact) mass is 734 g/mol. The van der Waals surface area contributed by atoms with Crippen LogP contribution in [-0.4, -0.2) is 50.7 Å². The molecule has 270 valence electrons. The molecule has 1 unspecified atom stereocenters. The number of rotatable bonds is 8. The largest absolute Gasteiger partial charge is 0.490 e. The van der Waals surface area contributed by atoms with E-state index in [-0.39, 0.29) is 29.7 Å². The number of ether oxygens (including phenoxy) is 1. The number of hydrogen-bond acceptors (Lipinski definition) is 7. The zero-order valence-corrected chi connectivity index (χ0v) is 27.6. The molecule has 4 aromatic rings. The molecule has 1 aliphatic carbocycles. The van der Waals surface area contributed by atoms with Gasteiger partial charge in [0.15, 0.2) is 0 Å². The highest BCUT2D eigenvalue weighted by Gasteiger charge is 2.38. The standard InChI is InChI=1S/C33H31F3N4O3S.C2HF3O2/c34-33(35,36)23-8-5-11-26(18-23)43-25-14-12-21(13-15-25)19-37-20-28(41)39-17-16-27-29(32(39)44)31(42)40(24-9-2-1-3-10-24)30(38-27)22-6-4-7-22;3-2(4,5)1(6)7/h1-3,5,8-15,18,22,32,37,44H,4,6-7,16-17,19-20H2;(H,6,7). The molecule has 2 aliphatic rings.